The van der Waals surface area contributed by atoms with E-state index in [9.17, 15) is 9.90 Å². The average molecular weight is 694 g/mol. The highest BCUT2D eigenvalue weighted by molar-refractivity contribution is 5.64. The summed E-state index contributed by atoms with van der Waals surface area (Å²) in [6.07, 6.45) is 28.0. The summed E-state index contributed by atoms with van der Waals surface area (Å²) in [6, 6.07) is 4.11. The van der Waals surface area contributed by atoms with Crippen LogP contribution in [-0.4, -0.2) is 60.4 Å². The zero-order valence-electron chi connectivity index (χ0n) is 31.7. The number of rotatable bonds is 20. The number of hydrogen-bond donors (Lipinski definition) is 1. The fraction of sp³-hybridized carbons (Fsp3) is 0.744. The van der Waals surface area contributed by atoms with Crippen LogP contribution in [0.3, 0.4) is 0 Å². The van der Waals surface area contributed by atoms with Gasteiger partial charge in [-0.1, -0.05) is 103 Å². The van der Waals surface area contributed by atoms with Crippen LogP contribution in [-0.2, 0) is 21.3 Å². The number of piperidine rings is 1. The molecule has 50 heavy (non-hydrogen) atoms. The standard InChI is InChI=1S/C27H35NO6.C16H32/c1-3-4-13-31-25(29)33-16-32-20-8-7-19-14-21-27(30)10-9-17(2)24-26(27,22(19)23(20)34-24)11-12-28(21)15-18-5-6-18;1-3-5-7-9-11-13-15-16-14-12-10-8-6-4-2/h7-8,18,21,24,30H,2-6,9-16H2,1H3;13,15H,3-12,14,16H2,1-2H3/b;15-13+/t21?,24-,26-,27+;/m0./s1. The fourth-order valence-corrected chi connectivity index (χ4v) is 8.95. The first-order valence-electron chi connectivity index (χ1n) is 20.4. The molecule has 4 atom stereocenters. The summed E-state index contributed by atoms with van der Waals surface area (Å²) < 4.78 is 22.6. The molecule has 0 radical (unpaired) electrons. The Morgan fingerprint density at radius 3 is 2.32 bits per heavy atom. The molecule has 2 aliphatic heterocycles. The number of likely N-dealkylation sites (tertiary alicyclic amines) is 1. The Hall–Kier alpha value is -2.51. The molecule has 1 aromatic rings. The van der Waals surface area contributed by atoms with Gasteiger partial charge in [-0.3, -0.25) is 4.90 Å². The number of nitrogens with zero attached hydrogens (tertiary/aromatic N) is 1. The SMILES string of the molecule is C=C1CC[C@@]2(O)C3Cc4ccc(OCOC(=O)OCCCC)c5c4[C@@]2(CCN3CC2CC2)[C@H]1O5.CCCCCC/C=C/CCCCCCCC. The van der Waals surface area contributed by atoms with Gasteiger partial charge in [-0.2, -0.15) is 0 Å². The average Bonchev–Trinajstić information content (AvgIpc) is 3.86. The fourth-order valence-electron chi connectivity index (χ4n) is 8.95. The van der Waals surface area contributed by atoms with Crippen LogP contribution in [0.4, 0.5) is 4.79 Å². The first-order valence-corrected chi connectivity index (χ1v) is 20.4. The molecule has 0 amide bonds. The Morgan fingerprint density at radius 2 is 1.62 bits per heavy atom. The van der Waals surface area contributed by atoms with Gasteiger partial charge in [0.2, 0.25) is 6.79 Å². The molecule has 1 saturated heterocycles. The number of carbonyl (C=O) groups is 1. The molecule has 1 aromatic carbocycles. The first kappa shape index (κ1) is 38.7. The van der Waals surface area contributed by atoms with Gasteiger partial charge in [0.25, 0.3) is 0 Å². The molecule has 2 saturated carbocycles. The van der Waals surface area contributed by atoms with Crippen molar-refractivity contribution in [1.29, 1.82) is 0 Å². The number of allylic oxidation sites excluding steroid dienone is 2. The van der Waals surface area contributed by atoms with Crippen LogP contribution in [0.1, 0.15) is 154 Å². The van der Waals surface area contributed by atoms with E-state index in [2.05, 4.69) is 43.5 Å². The maximum absolute atomic E-state index is 12.4. The van der Waals surface area contributed by atoms with Crippen LogP contribution in [0, 0.1) is 5.92 Å². The molecule has 1 spiro atoms. The highest BCUT2D eigenvalue weighted by atomic mass is 16.8. The van der Waals surface area contributed by atoms with Crippen LogP contribution in [0.15, 0.2) is 36.4 Å². The number of aliphatic hydroxyl groups is 1. The minimum Gasteiger partial charge on any atom is -0.481 e. The van der Waals surface area contributed by atoms with Gasteiger partial charge in [0.05, 0.1) is 17.6 Å². The lowest BCUT2D eigenvalue weighted by molar-refractivity contribution is -0.174. The molecule has 2 bridgehead atoms. The van der Waals surface area contributed by atoms with Crippen molar-refractivity contribution in [2.45, 2.75) is 172 Å². The van der Waals surface area contributed by atoms with E-state index in [1.54, 1.807) is 0 Å². The second-order valence-electron chi connectivity index (χ2n) is 15.6. The molecule has 6 rings (SSSR count). The summed E-state index contributed by atoms with van der Waals surface area (Å²) in [7, 11) is 0. The zero-order chi connectivity index (χ0) is 35.4. The van der Waals surface area contributed by atoms with E-state index in [1.165, 1.54) is 95.5 Å². The quantitative estimate of drug-likeness (QED) is 0.0630. The Morgan fingerprint density at radius 1 is 0.940 bits per heavy atom. The molecule has 1 unspecified atom stereocenters. The molecule has 1 N–H and O–H groups in total. The molecule has 280 valence electrons. The van der Waals surface area contributed by atoms with Crippen LogP contribution in [0.5, 0.6) is 11.5 Å². The molecular weight excluding hydrogens is 626 g/mol. The molecule has 0 aromatic heterocycles. The minimum absolute atomic E-state index is 0.104. The normalized spacial score (nSPS) is 26.2. The molecule has 3 aliphatic carbocycles. The van der Waals surface area contributed by atoms with E-state index < -0.39 is 17.2 Å². The summed E-state index contributed by atoms with van der Waals surface area (Å²) in [6.45, 7) is 13.1. The van der Waals surface area contributed by atoms with E-state index in [4.69, 9.17) is 18.9 Å². The van der Waals surface area contributed by atoms with Gasteiger partial charge in [-0.15, -0.1) is 0 Å². The second-order valence-corrected chi connectivity index (χ2v) is 15.6. The summed E-state index contributed by atoms with van der Waals surface area (Å²) in [4.78, 5) is 14.3. The van der Waals surface area contributed by atoms with Gasteiger partial charge in [-0.25, -0.2) is 4.79 Å². The molecule has 2 heterocycles. The first-order chi connectivity index (χ1) is 24.4. The smallest absolute Gasteiger partial charge is 0.481 e. The highest BCUT2D eigenvalue weighted by Gasteiger charge is 2.72. The third-order valence-electron chi connectivity index (χ3n) is 11.9. The third-order valence-corrected chi connectivity index (χ3v) is 11.9. The predicted molar refractivity (Wildman–Crippen MR) is 201 cm³/mol. The lowest BCUT2D eigenvalue weighted by atomic mass is 9.48. The molecular formula is C43H67NO6. The summed E-state index contributed by atoms with van der Waals surface area (Å²) in [5.74, 6) is 2.01. The van der Waals surface area contributed by atoms with Gasteiger partial charge < -0.3 is 24.1 Å². The van der Waals surface area contributed by atoms with Crippen molar-refractivity contribution in [3.8, 4) is 11.5 Å². The zero-order valence-corrected chi connectivity index (χ0v) is 31.7. The third kappa shape index (κ3) is 8.92. The molecule has 3 fully saturated rings. The lowest BCUT2D eigenvalue weighted by Gasteiger charge is -2.63. The Labute approximate surface area is 303 Å². The monoisotopic (exact) mass is 693 g/mol. The number of benzene rings is 1. The predicted octanol–water partition coefficient (Wildman–Crippen LogP) is 10.4. The van der Waals surface area contributed by atoms with Crippen molar-refractivity contribution in [2.75, 3.05) is 26.5 Å². The summed E-state index contributed by atoms with van der Waals surface area (Å²) >= 11 is 0. The van der Waals surface area contributed by atoms with Gasteiger partial charge in [0.15, 0.2) is 11.5 Å². The van der Waals surface area contributed by atoms with Crippen LogP contribution in [0.25, 0.3) is 0 Å². The Kier molecular flexibility index (Phi) is 14.6. The van der Waals surface area contributed by atoms with Gasteiger partial charge in [0.1, 0.15) is 6.10 Å². The largest absolute Gasteiger partial charge is 0.511 e. The van der Waals surface area contributed by atoms with E-state index >= 15 is 0 Å². The van der Waals surface area contributed by atoms with Crippen LogP contribution in [0.2, 0.25) is 0 Å². The molecule has 7 nitrogen and oxygen atoms in total. The van der Waals surface area contributed by atoms with Crippen molar-refractivity contribution < 1.29 is 28.8 Å². The number of carbonyl (C=O) groups excluding carboxylic acids is 1. The Bertz CT molecular complexity index is 1270. The van der Waals surface area contributed by atoms with Crippen molar-refractivity contribution in [3.05, 3.63) is 47.6 Å². The van der Waals surface area contributed by atoms with Crippen molar-refractivity contribution in [2.24, 2.45) is 5.92 Å². The van der Waals surface area contributed by atoms with Crippen molar-refractivity contribution >= 4 is 6.16 Å². The molecule has 7 heteroatoms. The van der Waals surface area contributed by atoms with Gasteiger partial charge >= 0.3 is 6.16 Å². The van der Waals surface area contributed by atoms with E-state index in [0.29, 0.717) is 24.5 Å². The van der Waals surface area contributed by atoms with E-state index in [0.717, 1.165) is 62.2 Å². The maximum atomic E-state index is 12.4. The maximum Gasteiger partial charge on any atom is 0.511 e. The number of ether oxygens (including phenoxy) is 4. The van der Waals surface area contributed by atoms with Crippen LogP contribution < -0.4 is 9.47 Å². The highest BCUT2D eigenvalue weighted by Crippen LogP contribution is 2.66. The van der Waals surface area contributed by atoms with E-state index in [-0.39, 0.29) is 18.9 Å². The number of unbranched alkanes of at least 4 members (excludes halogenated alkanes) is 11. The lowest BCUT2D eigenvalue weighted by Crippen LogP contribution is -2.75. The minimum atomic E-state index is -0.845. The van der Waals surface area contributed by atoms with Crippen molar-refractivity contribution in [1.82, 2.24) is 4.90 Å². The second kappa shape index (κ2) is 18.8. The van der Waals surface area contributed by atoms with E-state index in [1.807, 2.05) is 13.0 Å². The summed E-state index contributed by atoms with van der Waals surface area (Å²) in [5.41, 5.74) is 2.03. The summed E-state index contributed by atoms with van der Waals surface area (Å²) in [5, 5.41) is 12.4. The number of hydrogen-bond acceptors (Lipinski definition) is 7. The Balaban J connectivity index is 0.000000259. The topological polar surface area (TPSA) is 77.5 Å². The van der Waals surface area contributed by atoms with Gasteiger partial charge in [-0.05, 0) is 100 Å². The van der Waals surface area contributed by atoms with Gasteiger partial charge in [0, 0.05) is 18.2 Å². The molecule has 5 aliphatic rings. The van der Waals surface area contributed by atoms with Crippen LogP contribution >= 0.6 is 0 Å². The van der Waals surface area contributed by atoms with Crippen molar-refractivity contribution in [3.63, 3.8) is 0 Å².